The molecule has 0 saturated heterocycles. The van der Waals surface area contributed by atoms with Gasteiger partial charge in [-0.25, -0.2) is 0 Å². The number of hydrogen-bond acceptors (Lipinski definition) is 3. The van der Waals surface area contributed by atoms with Crippen molar-refractivity contribution in [2.75, 3.05) is 32.8 Å². The average Bonchev–Trinajstić information content (AvgIpc) is 3.00. The molecule has 1 fully saturated rings. The second kappa shape index (κ2) is 7.20. The summed E-state index contributed by atoms with van der Waals surface area (Å²) >= 11 is 0. The molecule has 0 amide bonds. The van der Waals surface area contributed by atoms with Crippen LogP contribution >= 0.6 is 0 Å². The van der Waals surface area contributed by atoms with Gasteiger partial charge in [0.2, 0.25) is 0 Å². The second-order valence-corrected chi connectivity index (χ2v) is 4.88. The van der Waals surface area contributed by atoms with Gasteiger partial charge in [0.05, 0.1) is 6.61 Å². The predicted molar refractivity (Wildman–Crippen MR) is 63.9 cm³/mol. The summed E-state index contributed by atoms with van der Waals surface area (Å²) < 4.78 is 5.61. The van der Waals surface area contributed by atoms with Crippen LogP contribution < -0.4 is 5.73 Å². The molecular formula is C12H26N2O. The highest BCUT2D eigenvalue weighted by molar-refractivity contribution is 4.84. The summed E-state index contributed by atoms with van der Waals surface area (Å²) in [5, 5.41) is 0. The van der Waals surface area contributed by atoms with Crippen molar-refractivity contribution in [3.8, 4) is 0 Å². The predicted octanol–water partition coefficient (Wildman–Crippen LogP) is 1.47. The molecule has 0 heterocycles. The fourth-order valence-electron chi connectivity index (χ4n) is 1.71. The standard InChI is InChI=1S/C12H26N2O/c1-11(2)10-15-9-8-14(7-3-6-13)12-4-5-12/h11-12H,3-10,13H2,1-2H3. The van der Waals surface area contributed by atoms with Gasteiger partial charge in [-0.15, -0.1) is 0 Å². The van der Waals surface area contributed by atoms with Gasteiger partial charge >= 0.3 is 0 Å². The van der Waals surface area contributed by atoms with Crippen LogP contribution in [0.15, 0.2) is 0 Å². The first kappa shape index (κ1) is 12.9. The highest BCUT2D eigenvalue weighted by Gasteiger charge is 2.27. The normalized spacial score (nSPS) is 16.6. The first-order valence-electron chi connectivity index (χ1n) is 6.26. The highest BCUT2D eigenvalue weighted by Crippen LogP contribution is 2.26. The Morgan fingerprint density at radius 3 is 2.60 bits per heavy atom. The lowest BCUT2D eigenvalue weighted by Gasteiger charge is -2.21. The van der Waals surface area contributed by atoms with E-state index in [-0.39, 0.29) is 0 Å². The zero-order valence-electron chi connectivity index (χ0n) is 10.2. The lowest BCUT2D eigenvalue weighted by molar-refractivity contribution is 0.0830. The fraction of sp³-hybridized carbons (Fsp3) is 1.00. The largest absolute Gasteiger partial charge is 0.380 e. The van der Waals surface area contributed by atoms with Gasteiger partial charge in [0.15, 0.2) is 0 Å². The molecule has 1 aliphatic rings. The van der Waals surface area contributed by atoms with Gasteiger partial charge in [-0.2, -0.15) is 0 Å². The van der Waals surface area contributed by atoms with Gasteiger partial charge < -0.3 is 10.5 Å². The molecule has 90 valence electrons. The summed E-state index contributed by atoms with van der Waals surface area (Å²) in [4.78, 5) is 2.53. The number of ether oxygens (including phenoxy) is 1. The van der Waals surface area contributed by atoms with Gasteiger partial charge in [0.25, 0.3) is 0 Å². The van der Waals surface area contributed by atoms with Crippen LogP contribution in [0.2, 0.25) is 0 Å². The summed E-state index contributed by atoms with van der Waals surface area (Å²) in [5.41, 5.74) is 5.53. The Bertz CT molecular complexity index is 158. The summed E-state index contributed by atoms with van der Waals surface area (Å²) in [7, 11) is 0. The smallest absolute Gasteiger partial charge is 0.0593 e. The Labute approximate surface area is 94.0 Å². The minimum Gasteiger partial charge on any atom is -0.380 e. The number of nitrogens with two attached hydrogens (primary N) is 1. The average molecular weight is 214 g/mol. The Morgan fingerprint density at radius 1 is 1.33 bits per heavy atom. The van der Waals surface area contributed by atoms with E-state index in [1.807, 2.05) is 0 Å². The lowest BCUT2D eigenvalue weighted by atomic mass is 10.2. The zero-order valence-corrected chi connectivity index (χ0v) is 10.2. The van der Waals surface area contributed by atoms with Crippen LogP contribution in [0.25, 0.3) is 0 Å². The molecule has 0 unspecified atom stereocenters. The molecule has 0 spiro atoms. The van der Waals surface area contributed by atoms with Gasteiger partial charge in [-0.3, -0.25) is 4.90 Å². The molecule has 15 heavy (non-hydrogen) atoms. The van der Waals surface area contributed by atoms with Crippen LogP contribution in [0.3, 0.4) is 0 Å². The third-order valence-electron chi connectivity index (χ3n) is 2.69. The molecule has 3 nitrogen and oxygen atoms in total. The van der Waals surface area contributed by atoms with E-state index in [0.717, 1.165) is 45.3 Å². The third kappa shape index (κ3) is 6.13. The minimum absolute atomic E-state index is 0.642. The van der Waals surface area contributed by atoms with Crippen LogP contribution in [-0.4, -0.2) is 43.8 Å². The van der Waals surface area contributed by atoms with E-state index < -0.39 is 0 Å². The first-order chi connectivity index (χ1) is 7.24. The SMILES string of the molecule is CC(C)COCCN(CCCN)C1CC1. The molecule has 0 aromatic rings. The minimum atomic E-state index is 0.642. The summed E-state index contributed by atoms with van der Waals surface area (Å²) in [6.07, 6.45) is 3.85. The number of rotatable bonds is 9. The van der Waals surface area contributed by atoms with Crippen molar-refractivity contribution in [1.82, 2.24) is 4.90 Å². The molecule has 0 radical (unpaired) electrons. The molecule has 2 N–H and O–H groups in total. The zero-order chi connectivity index (χ0) is 11.1. The topological polar surface area (TPSA) is 38.5 Å². The molecule has 3 heteroatoms. The van der Waals surface area contributed by atoms with Crippen molar-refractivity contribution in [3.05, 3.63) is 0 Å². The van der Waals surface area contributed by atoms with Crippen molar-refractivity contribution < 1.29 is 4.74 Å². The Balaban J connectivity index is 2.03. The van der Waals surface area contributed by atoms with Crippen molar-refractivity contribution in [3.63, 3.8) is 0 Å². The molecular weight excluding hydrogens is 188 g/mol. The first-order valence-corrected chi connectivity index (χ1v) is 6.26. The quantitative estimate of drug-likeness (QED) is 0.591. The van der Waals surface area contributed by atoms with Gasteiger partial charge in [-0.05, 0) is 38.3 Å². The maximum absolute atomic E-state index is 5.61. The summed E-state index contributed by atoms with van der Waals surface area (Å²) in [5.74, 6) is 0.642. The van der Waals surface area contributed by atoms with Crippen LogP contribution in [-0.2, 0) is 4.74 Å². The number of nitrogens with zero attached hydrogens (tertiary/aromatic N) is 1. The van der Waals surface area contributed by atoms with Crippen LogP contribution in [0, 0.1) is 5.92 Å². The van der Waals surface area contributed by atoms with Crippen LogP contribution in [0.5, 0.6) is 0 Å². The van der Waals surface area contributed by atoms with E-state index in [0.29, 0.717) is 5.92 Å². The van der Waals surface area contributed by atoms with Crippen molar-refractivity contribution in [1.29, 1.82) is 0 Å². The van der Waals surface area contributed by atoms with Crippen molar-refractivity contribution in [2.45, 2.75) is 39.2 Å². The summed E-state index contributed by atoms with van der Waals surface area (Å²) in [6.45, 7) is 9.16. The molecule has 1 aliphatic carbocycles. The Hall–Kier alpha value is -0.120. The summed E-state index contributed by atoms with van der Waals surface area (Å²) in [6, 6.07) is 0.833. The van der Waals surface area contributed by atoms with Crippen LogP contribution in [0.1, 0.15) is 33.1 Å². The fourth-order valence-corrected chi connectivity index (χ4v) is 1.71. The number of hydrogen-bond donors (Lipinski definition) is 1. The van der Waals surface area contributed by atoms with E-state index >= 15 is 0 Å². The molecule has 0 bridgehead atoms. The lowest BCUT2D eigenvalue weighted by Crippen LogP contribution is -2.32. The molecule has 1 rings (SSSR count). The van der Waals surface area contributed by atoms with Gasteiger partial charge in [-0.1, -0.05) is 13.8 Å². The maximum Gasteiger partial charge on any atom is 0.0593 e. The van der Waals surface area contributed by atoms with E-state index in [9.17, 15) is 0 Å². The van der Waals surface area contributed by atoms with E-state index in [2.05, 4.69) is 18.7 Å². The molecule has 0 atom stereocenters. The molecule has 0 aliphatic heterocycles. The molecule has 0 aromatic heterocycles. The third-order valence-corrected chi connectivity index (χ3v) is 2.69. The van der Waals surface area contributed by atoms with Crippen molar-refractivity contribution >= 4 is 0 Å². The van der Waals surface area contributed by atoms with E-state index in [1.54, 1.807) is 0 Å². The maximum atomic E-state index is 5.61. The van der Waals surface area contributed by atoms with E-state index in [1.165, 1.54) is 12.8 Å². The van der Waals surface area contributed by atoms with Crippen molar-refractivity contribution in [2.24, 2.45) is 11.7 Å². The molecule has 1 saturated carbocycles. The van der Waals surface area contributed by atoms with Gasteiger partial charge in [0.1, 0.15) is 0 Å². The monoisotopic (exact) mass is 214 g/mol. The van der Waals surface area contributed by atoms with Gasteiger partial charge in [0, 0.05) is 19.2 Å². The highest BCUT2D eigenvalue weighted by atomic mass is 16.5. The second-order valence-electron chi connectivity index (χ2n) is 4.88. The Kier molecular flexibility index (Phi) is 6.22. The van der Waals surface area contributed by atoms with Crippen LogP contribution in [0.4, 0.5) is 0 Å². The Morgan fingerprint density at radius 2 is 2.07 bits per heavy atom. The molecule has 0 aromatic carbocycles. The van der Waals surface area contributed by atoms with E-state index in [4.69, 9.17) is 10.5 Å².